The lowest BCUT2D eigenvalue weighted by atomic mass is 10.1. The third kappa shape index (κ3) is 6.48. The standard InChI is InChI=1S/C20H17BrF2N2O3S/c1-3-28-17-10-12(9-16(21)18(17)27-2)8-13(11-24)19(26)25-14-4-6-15(7-5-14)29-20(22)23/h4-10,20H,3H2,1-2H3,(H,25,26)/b13-8+. The molecule has 1 N–H and O–H groups in total. The number of methoxy groups -OCH3 is 1. The van der Waals surface area contributed by atoms with E-state index in [-0.39, 0.29) is 5.57 Å². The zero-order valence-corrected chi connectivity index (χ0v) is 17.9. The van der Waals surface area contributed by atoms with Crippen molar-refractivity contribution in [1.82, 2.24) is 0 Å². The summed E-state index contributed by atoms with van der Waals surface area (Å²) >= 11 is 3.79. The van der Waals surface area contributed by atoms with Gasteiger partial charge in [-0.1, -0.05) is 11.8 Å². The van der Waals surface area contributed by atoms with Gasteiger partial charge in [0.05, 0.1) is 18.2 Å². The fourth-order valence-electron chi connectivity index (χ4n) is 2.37. The highest BCUT2D eigenvalue weighted by Gasteiger charge is 2.14. The molecular formula is C20H17BrF2N2O3S. The predicted octanol–water partition coefficient (Wildman–Crippen LogP) is 5.72. The fraction of sp³-hybridized carbons (Fsp3) is 0.200. The van der Waals surface area contributed by atoms with E-state index in [4.69, 9.17) is 9.47 Å². The summed E-state index contributed by atoms with van der Waals surface area (Å²) in [6, 6.07) is 11.2. The van der Waals surface area contributed by atoms with Crippen LogP contribution in [-0.4, -0.2) is 25.4 Å². The Morgan fingerprint density at radius 2 is 2.03 bits per heavy atom. The number of hydrogen-bond acceptors (Lipinski definition) is 5. The largest absolute Gasteiger partial charge is 0.492 e. The highest BCUT2D eigenvalue weighted by Crippen LogP contribution is 2.37. The van der Waals surface area contributed by atoms with Crippen LogP contribution in [-0.2, 0) is 4.79 Å². The van der Waals surface area contributed by atoms with Gasteiger partial charge in [-0.2, -0.15) is 14.0 Å². The van der Waals surface area contributed by atoms with Gasteiger partial charge in [0.25, 0.3) is 11.7 Å². The number of amides is 1. The van der Waals surface area contributed by atoms with Gasteiger partial charge in [-0.3, -0.25) is 4.79 Å². The molecular weight excluding hydrogens is 466 g/mol. The topological polar surface area (TPSA) is 71.3 Å². The molecule has 9 heteroatoms. The summed E-state index contributed by atoms with van der Waals surface area (Å²) < 4.78 is 36.2. The molecule has 2 aromatic carbocycles. The molecule has 0 fully saturated rings. The molecule has 0 unspecified atom stereocenters. The van der Waals surface area contributed by atoms with E-state index in [9.17, 15) is 18.8 Å². The maximum atomic E-state index is 12.4. The van der Waals surface area contributed by atoms with Gasteiger partial charge < -0.3 is 14.8 Å². The van der Waals surface area contributed by atoms with E-state index in [1.165, 1.54) is 37.5 Å². The van der Waals surface area contributed by atoms with Crippen LogP contribution in [0.25, 0.3) is 6.08 Å². The average molecular weight is 483 g/mol. The molecule has 152 valence electrons. The molecule has 0 aromatic heterocycles. The summed E-state index contributed by atoms with van der Waals surface area (Å²) in [5.41, 5.74) is 0.827. The minimum absolute atomic E-state index is 0.129. The molecule has 0 atom stereocenters. The van der Waals surface area contributed by atoms with Crippen LogP contribution >= 0.6 is 27.7 Å². The molecule has 0 spiro atoms. The van der Waals surface area contributed by atoms with E-state index < -0.39 is 11.7 Å². The Labute approximate surface area is 179 Å². The summed E-state index contributed by atoms with van der Waals surface area (Å²) in [6.07, 6.45) is 1.42. The Morgan fingerprint density at radius 3 is 2.59 bits per heavy atom. The number of alkyl halides is 2. The number of nitrogens with one attached hydrogen (secondary N) is 1. The molecule has 0 heterocycles. The number of nitriles is 1. The van der Waals surface area contributed by atoms with Crippen molar-refractivity contribution in [2.45, 2.75) is 17.6 Å². The van der Waals surface area contributed by atoms with E-state index in [2.05, 4.69) is 21.2 Å². The Kier molecular flexibility index (Phi) is 8.49. The molecule has 2 aromatic rings. The summed E-state index contributed by atoms with van der Waals surface area (Å²) in [4.78, 5) is 12.8. The lowest BCUT2D eigenvalue weighted by Gasteiger charge is -2.12. The van der Waals surface area contributed by atoms with Gasteiger partial charge in [0.2, 0.25) is 0 Å². The number of benzene rings is 2. The van der Waals surface area contributed by atoms with Crippen molar-refractivity contribution in [2.75, 3.05) is 19.0 Å². The molecule has 29 heavy (non-hydrogen) atoms. The Balaban J connectivity index is 2.23. The number of rotatable bonds is 8. The molecule has 0 radical (unpaired) electrons. The number of carbonyl (C=O) groups excluding carboxylic acids is 1. The SMILES string of the molecule is CCOc1cc(/C=C(\C#N)C(=O)Nc2ccc(SC(F)F)cc2)cc(Br)c1OC. The Bertz CT molecular complexity index is 944. The number of thioether (sulfide) groups is 1. The first-order valence-electron chi connectivity index (χ1n) is 8.36. The van der Waals surface area contributed by atoms with Gasteiger partial charge in [0.15, 0.2) is 11.5 Å². The van der Waals surface area contributed by atoms with E-state index in [0.29, 0.717) is 50.5 Å². The van der Waals surface area contributed by atoms with Crippen LogP contribution in [0.1, 0.15) is 12.5 Å². The third-order valence-electron chi connectivity index (χ3n) is 3.55. The van der Waals surface area contributed by atoms with Crippen molar-refractivity contribution >= 4 is 45.4 Å². The minimum atomic E-state index is -2.52. The molecule has 0 aliphatic carbocycles. The molecule has 2 rings (SSSR count). The van der Waals surface area contributed by atoms with Gasteiger partial charge in [-0.15, -0.1) is 0 Å². The summed E-state index contributed by atoms with van der Waals surface area (Å²) in [5.74, 6) is -2.16. The van der Waals surface area contributed by atoms with Crippen molar-refractivity contribution in [1.29, 1.82) is 5.26 Å². The quantitative estimate of drug-likeness (QED) is 0.296. The van der Waals surface area contributed by atoms with Crippen molar-refractivity contribution in [3.8, 4) is 17.6 Å². The molecule has 0 saturated heterocycles. The fourth-order valence-corrected chi connectivity index (χ4v) is 3.49. The van der Waals surface area contributed by atoms with Crippen LogP contribution < -0.4 is 14.8 Å². The number of halogens is 3. The van der Waals surface area contributed by atoms with Crippen LogP contribution in [0.5, 0.6) is 11.5 Å². The summed E-state index contributed by atoms with van der Waals surface area (Å²) in [6.45, 7) is 2.25. The molecule has 0 bridgehead atoms. The van der Waals surface area contributed by atoms with Crippen molar-refractivity contribution in [2.24, 2.45) is 0 Å². The number of carbonyl (C=O) groups is 1. The normalized spacial score (nSPS) is 11.1. The maximum Gasteiger partial charge on any atom is 0.288 e. The second-order valence-corrected chi connectivity index (χ2v) is 7.41. The number of hydrogen-bond donors (Lipinski definition) is 1. The van der Waals surface area contributed by atoms with Gasteiger partial charge in [-0.25, -0.2) is 0 Å². The third-order valence-corrected chi connectivity index (χ3v) is 4.86. The zero-order valence-electron chi connectivity index (χ0n) is 15.5. The van der Waals surface area contributed by atoms with E-state index in [1.807, 2.05) is 13.0 Å². The van der Waals surface area contributed by atoms with Gasteiger partial charge in [-0.05, 0) is 70.9 Å². The molecule has 1 amide bonds. The monoisotopic (exact) mass is 482 g/mol. The highest BCUT2D eigenvalue weighted by atomic mass is 79.9. The number of anilines is 1. The first-order chi connectivity index (χ1) is 13.9. The first kappa shape index (κ1) is 22.7. The van der Waals surface area contributed by atoms with E-state index in [1.54, 1.807) is 12.1 Å². The second-order valence-electron chi connectivity index (χ2n) is 5.49. The minimum Gasteiger partial charge on any atom is -0.492 e. The van der Waals surface area contributed by atoms with Crippen LogP contribution in [0, 0.1) is 11.3 Å². The average Bonchev–Trinajstić information content (AvgIpc) is 2.67. The Hall–Kier alpha value is -2.57. The smallest absolute Gasteiger partial charge is 0.288 e. The van der Waals surface area contributed by atoms with E-state index in [0.717, 1.165) is 0 Å². The van der Waals surface area contributed by atoms with Crippen LogP contribution in [0.2, 0.25) is 0 Å². The van der Waals surface area contributed by atoms with Crippen molar-refractivity contribution < 1.29 is 23.0 Å². The van der Waals surface area contributed by atoms with Gasteiger partial charge in [0, 0.05) is 10.6 Å². The zero-order chi connectivity index (χ0) is 21.4. The Morgan fingerprint density at radius 1 is 1.34 bits per heavy atom. The molecule has 0 aliphatic rings. The molecule has 0 aliphatic heterocycles. The first-order valence-corrected chi connectivity index (χ1v) is 10.0. The van der Waals surface area contributed by atoms with Crippen molar-refractivity contribution in [3.05, 3.63) is 52.0 Å². The van der Waals surface area contributed by atoms with Gasteiger partial charge in [0.1, 0.15) is 11.6 Å². The summed E-state index contributed by atoms with van der Waals surface area (Å²) in [5, 5.41) is 12.0. The number of ether oxygens (including phenoxy) is 2. The lowest BCUT2D eigenvalue weighted by molar-refractivity contribution is -0.112. The predicted molar refractivity (Wildman–Crippen MR) is 112 cm³/mol. The van der Waals surface area contributed by atoms with E-state index >= 15 is 0 Å². The maximum absolute atomic E-state index is 12.4. The molecule has 5 nitrogen and oxygen atoms in total. The van der Waals surface area contributed by atoms with Crippen LogP contribution in [0.3, 0.4) is 0 Å². The highest BCUT2D eigenvalue weighted by molar-refractivity contribution is 9.10. The summed E-state index contributed by atoms with van der Waals surface area (Å²) in [7, 11) is 1.51. The van der Waals surface area contributed by atoms with Crippen LogP contribution in [0.15, 0.2) is 51.3 Å². The lowest BCUT2D eigenvalue weighted by Crippen LogP contribution is -2.13. The second kappa shape index (κ2) is 10.8. The van der Waals surface area contributed by atoms with Crippen molar-refractivity contribution in [3.63, 3.8) is 0 Å². The van der Waals surface area contributed by atoms with Crippen LogP contribution in [0.4, 0.5) is 14.5 Å². The number of nitrogens with zero attached hydrogens (tertiary/aromatic N) is 1. The van der Waals surface area contributed by atoms with Gasteiger partial charge >= 0.3 is 0 Å². The molecule has 0 saturated carbocycles.